The number of rotatable bonds is 7. The zero-order chi connectivity index (χ0) is 21.8. The molecule has 0 atom stereocenters. The SMILES string of the molecule is O=C1C(Nc2ccc(F)cc2)=C(Sc2ccc(Cl)cc2)C(=O)N1CCc1ccccc1. The first-order valence-corrected chi connectivity index (χ1v) is 10.8. The molecule has 7 heteroatoms. The van der Waals surface area contributed by atoms with Gasteiger partial charge < -0.3 is 5.32 Å². The third-order valence-electron chi connectivity index (χ3n) is 4.74. The molecule has 0 spiro atoms. The third-order valence-corrected chi connectivity index (χ3v) is 6.08. The van der Waals surface area contributed by atoms with E-state index in [0.29, 0.717) is 22.0 Å². The molecule has 3 aromatic rings. The number of amides is 2. The number of nitrogens with one attached hydrogen (secondary N) is 1. The van der Waals surface area contributed by atoms with Gasteiger partial charge in [-0.3, -0.25) is 14.5 Å². The molecule has 0 aliphatic carbocycles. The molecule has 4 rings (SSSR count). The number of thioether (sulfide) groups is 1. The Morgan fingerprint density at radius 2 is 1.55 bits per heavy atom. The Bertz CT molecular complexity index is 1060. The summed E-state index contributed by atoms with van der Waals surface area (Å²) in [6.07, 6.45) is 0.557. The van der Waals surface area contributed by atoms with Crippen molar-refractivity contribution in [3.63, 3.8) is 0 Å². The number of carbonyl (C=O) groups is 2. The van der Waals surface area contributed by atoms with Crippen LogP contribution in [0.5, 0.6) is 0 Å². The monoisotopic (exact) mass is 452 g/mol. The van der Waals surface area contributed by atoms with Crippen molar-refractivity contribution in [3.8, 4) is 0 Å². The van der Waals surface area contributed by atoms with Crippen molar-refractivity contribution in [3.05, 3.63) is 106 Å². The minimum Gasteiger partial charge on any atom is -0.350 e. The fourth-order valence-corrected chi connectivity index (χ4v) is 4.22. The number of nitrogens with zero attached hydrogens (tertiary/aromatic N) is 1. The van der Waals surface area contributed by atoms with Crippen molar-refractivity contribution in [1.29, 1.82) is 0 Å². The number of anilines is 1. The Balaban J connectivity index is 1.61. The van der Waals surface area contributed by atoms with E-state index in [1.807, 2.05) is 30.3 Å². The molecule has 0 saturated carbocycles. The summed E-state index contributed by atoms with van der Waals surface area (Å²) in [5.74, 6) is -1.14. The normalized spacial score (nSPS) is 13.8. The Morgan fingerprint density at radius 3 is 2.23 bits per heavy atom. The molecule has 0 aromatic heterocycles. The Kier molecular flexibility index (Phi) is 6.39. The number of hydrogen-bond acceptors (Lipinski definition) is 4. The lowest BCUT2D eigenvalue weighted by Gasteiger charge is -2.15. The summed E-state index contributed by atoms with van der Waals surface area (Å²) < 4.78 is 13.3. The molecule has 1 N–H and O–H groups in total. The van der Waals surface area contributed by atoms with Gasteiger partial charge in [0.1, 0.15) is 16.4 Å². The van der Waals surface area contributed by atoms with Gasteiger partial charge in [-0.15, -0.1) is 0 Å². The highest BCUT2D eigenvalue weighted by molar-refractivity contribution is 8.04. The van der Waals surface area contributed by atoms with E-state index in [2.05, 4.69) is 5.32 Å². The zero-order valence-electron chi connectivity index (χ0n) is 16.3. The van der Waals surface area contributed by atoms with Crippen LogP contribution in [0.4, 0.5) is 10.1 Å². The number of benzene rings is 3. The molecule has 0 bridgehead atoms. The maximum atomic E-state index is 13.3. The molecule has 3 aromatic carbocycles. The second-order valence-corrected chi connectivity index (χ2v) is 8.41. The summed E-state index contributed by atoms with van der Waals surface area (Å²) in [5.41, 5.74) is 1.75. The van der Waals surface area contributed by atoms with Gasteiger partial charge in [0.2, 0.25) is 0 Å². The predicted octanol–water partition coefficient (Wildman–Crippen LogP) is 5.51. The van der Waals surface area contributed by atoms with Gasteiger partial charge >= 0.3 is 0 Å². The average Bonchev–Trinajstić information content (AvgIpc) is 3.00. The smallest absolute Gasteiger partial charge is 0.278 e. The summed E-state index contributed by atoms with van der Waals surface area (Å²) in [6, 6.07) is 22.4. The number of carbonyl (C=O) groups excluding carboxylic acids is 2. The van der Waals surface area contributed by atoms with Crippen LogP contribution in [0.15, 0.2) is 94.4 Å². The topological polar surface area (TPSA) is 49.4 Å². The van der Waals surface area contributed by atoms with Crippen LogP contribution in [0.2, 0.25) is 5.02 Å². The van der Waals surface area contributed by atoms with Crippen LogP contribution >= 0.6 is 23.4 Å². The zero-order valence-corrected chi connectivity index (χ0v) is 17.9. The molecule has 1 aliphatic heterocycles. The van der Waals surface area contributed by atoms with Gasteiger partial charge in [-0.1, -0.05) is 53.7 Å². The predicted molar refractivity (Wildman–Crippen MR) is 121 cm³/mol. The van der Waals surface area contributed by atoms with Gasteiger partial charge in [0.05, 0.1) is 0 Å². The number of imide groups is 1. The Labute approximate surface area is 188 Å². The van der Waals surface area contributed by atoms with Crippen LogP contribution in [0.3, 0.4) is 0 Å². The minimum atomic E-state index is -0.401. The molecule has 2 amide bonds. The maximum absolute atomic E-state index is 13.3. The fourth-order valence-electron chi connectivity index (χ4n) is 3.15. The second kappa shape index (κ2) is 9.37. The summed E-state index contributed by atoms with van der Waals surface area (Å²) >= 11 is 7.16. The highest BCUT2D eigenvalue weighted by atomic mass is 35.5. The first-order valence-electron chi connectivity index (χ1n) is 9.61. The van der Waals surface area contributed by atoms with E-state index in [-0.39, 0.29) is 24.0 Å². The third kappa shape index (κ3) is 4.98. The van der Waals surface area contributed by atoms with E-state index in [9.17, 15) is 14.0 Å². The fraction of sp³-hybridized carbons (Fsp3) is 0.0833. The first-order chi connectivity index (χ1) is 15.0. The van der Waals surface area contributed by atoms with Crippen molar-refractivity contribution >= 4 is 40.9 Å². The van der Waals surface area contributed by atoms with E-state index >= 15 is 0 Å². The van der Waals surface area contributed by atoms with Crippen LogP contribution in [0, 0.1) is 5.82 Å². The van der Waals surface area contributed by atoms with E-state index in [4.69, 9.17) is 11.6 Å². The minimum absolute atomic E-state index is 0.185. The standard InChI is InChI=1S/C24H18ClFN2O2S/c25-17-6-12-20(13-7-17)31-22-21(27-19-10-8-18(26)9-11-19)23(29)28(24(22)30)15-14-16-4-2-1-3-5-16/h1-13,27H,14-15H2. The van der Waals surface area contributed by atoms with Crippen LogP contribution in [0.1, 0.15) is 5.56 Å². The van der Waals surface area contributed by atoms with Crippen LogP contribution in [-0.2, 0) is 16.0 Å². The van der Waals surface area contributed by atoms with Crippen molar-refractivity contribution < 1.29 is 14.0 Å². The quantitative estimate of drug-likeness (QED) is 0.480. The van der Waals surface area contributed by atoms with Crippen LogP contribution < -0.4 is 5.32 Å². The van der Waals surface area contributed by atoms with Gasteiger partial charge in [-0.05, 0) is 60.5 Å². The molecular formula is C24H18ClFN2O2S. The molecule has 0 radical (unpaired) electrons. The largest absolute Gasteiger partial charge is 0.350 e. The highest BCUT2D eigenvalue weighted by Gasteiger charge is 2.38. The summed E-state index contributed by atoms with van der Waals surface area (Å²) in [4.78, 5) is 28.6. The van der Waals surface area contributed by atoms with E-state index in [0.717, 1.165) is 10.5 Å². The number of hydrogen-bond donors (Lipinski definition) is 1. The molecule has 1 aliphatic rings. The van der Waals surface area contributed by atoms with Gasteiger partial charge in [0.25, 0.3) is 11.8 Å². The van der Waals surface area contributed by atoms with Crippen LogP contribution in [-0.4, -0.2) is 23.3 Å². The van der Waals surface area contributed by atoms with E-state index in [1.54, 1.807) is 24.3 Å². The Morgan fingerprint density at radius 1 is 0.871 bits per heavy atom. The lowest BCUT2D eigenvalue weighted by Crippen LogP contribution is -2.34. The second-order valence-electron chi connectivity index (χ2n) is 6.89. The maximum Gasteiger partial charge on any atom is 0.278 e. The van der Waals surface area contributed by atoms with E-state index < -0.39 is 5.91 Å². The lowest BCUT2D eigenvalue weighted by atomic mass is 10.1. The molecule has 31 heavy (non-hydrogen) atoms. The van der Waals surface area contributed by atoms with Crippen molar-refractivity contribution in [2.24, 2.45) is 0 Å². The van der Waals surface area contributed by atoms with Gasteiger partial charge in [0, 0.05) is 22.2 Å². The lowest BCUT2D eigenvalue weighted by molar-refractivity contribution is -0.137. The van der Waals surface area contributed by atoms with Crippen LogP contribution in [0.25, 0.3) is 0 Å². The summed E-state index contributed by atoms with van der Waals surface area (Å²) in [6.45, 7) is 0.265. The molecule has 0 unspecified atom stereocenters. The van der Waals surface area contributed by atoms with Crippen molar-refractivity contribution in [2.75, 3.05) is 11.9 Å². The van der Waals surface area contributed by atoms with Crippen molar-refractivity contribution in [2.45, 2.75) is 11.3 Å². The van der Waals surface area contributed by atoms with E-state index in [1.165, 1.54) is 40.9 Å². The highest BCUT2D eigenvalue weighted by Crippen LogP contribution is 2.36. The summed E-state index contributed by atoms with van der Waals surface area (Å²) in [5, 5.41) is 3.60. The molecule has 156 valence electrons. The molecule has 4 nitrogen and oxygen atoms in total. The van der Waals surface area contributed by atoms with Crippen molar-refractivity contribution in [1.82, 2.24) is 4.90 Å². The summed E-state index contributed by atoms with van der Waals surface area (Å²) in [7, 11) is 0. The first kappa shape index (κ1) is 21.2. The molecule has 0 fully saturated rings. The average molecular weight is 453 g/mol. The van der Waals surface area contributed by atoms with Gasteiger partial charge in [-0.2, -0.15) is 0 Å². The Hall–Kier alpha value is -3.09. The molecule has 1 heterocycles. The number of halogens is 2. The molecule has 0 saturated heterocycles. The molecular weight excluding hydrogens is 435 g/mol. The van der Waals surface area contributed by atoms with Gasteiger partial charge in [0.15, 0.2) is 0 Å². The van der Waals surface area contributed by atoms with Gasteiger partial charge in [-0.25, -0.2) is 4.39 Å².